The number of rotatable bonds is 8. The first kappa shape index (κ1) is 23.7. The number of benzene rings is 1. The van der Waals surface area contributed by atoms with Gasteiger partial charge in [0.15, 0.2) is 0 Å². The molecule has 6 heteroatoms. The number of carbonyl (C=O) groups is 2. The first-order valence-corrected chi connectivity index (χ1v) is 11.3. The Morgan fingerprint density at radius 3 is 2.38 bits per heavy atom. The molecule has 2 aromatic rings. The largest absolute Gasteiger partial charge is 0.341 e. The Hall–Kier alpha value is -2.99. The fourth-order valence-electron chi connectivity index (χ4n) is 4.28. The average molecular weight is 435 g/mol. The van der Waals surface area contributed by atoms with Crippen molar-refractivity contribution in [1.29, 1.82) is 0 Å². The highest BCUT2D eigenvalue weighted by Gasteiger charge is 2.32. The smallest absolute Gasteiger partial charge is 0.246 e. The Balaban J connectivity index is 1.64. The maximum absolute atomic E-state index is 12.8. The summed E-state index contributed by atoms with van der Waals surface area (Å²) in [4.78, 5) is 35.4. The fourth-order valence-corrected chi connectivity index (χ4v) is 4.28. The second-order valence-electron chi connectivity index (χ2n) is 8.75. The van der Waals surface area contributed by atoms with Crippen LogP contribution in [0.5, 0.6) is 0 Å². The summed E-state index contributed by atoms with van der Waals surface area (Å²) in [6, 6.07) is 16.1. The lowest BCUT2D eigenvalue weighted by Gasteiger charge is -2.40. The van der Waals surface area contributed by atoms with Gasteiger partial charge in [-0.25, -0.2) is 0 Å². The molecular formula is C26H34N4O2. The lowest BCUT2D eigenvalue weighted by atomic mass is 9.85. The maximum Gasteiger partial charge on any atom is 0.246 e. The van der Waals surface area contributed by atoms with E-state index in [1.807, 2.05) is 72.2 Å². The first-order valence-electron chi connectivity index (χ1n) is 11.3. The number of aromatic nitrogens is 1. The molecular weight excluding hydrogens is 400 g/mol. The van der Waals surface area contributed by atoms with Gasteiger partial charge in [-0.1, -0.05) is 36.4 Å². The van der Waals surface area contributed by atoms with Gasteiger partial charge in [0.1, 0.15) is 0 Å². The average Bonchev–Trinajstić information content (AvgIpc) is 2.81. The molecule has 0 radical (unpaired) electrons. The molecule has 0 bridgehead atoms. The van der Waals surface area contributed by atoms with Gasteiger partial charge in [0.05, 0.1) is 12.2 Å². The maximum atomic E-state index is 12.8. The van der Waals surface area contributed by atoms with Gasteiger partial charge < -0.3 is 14.7 Å². The molecule has 0 N–H and O–H groups in total. The van der Waals surface area contributed by atoms with Crippen molar-refractivity contribution >= 4 is 17.9 Å². The molecule has 1 saturated heterocycles. The molecule has 1 aromatic heterocycles. The van der Waals surface area contributed by atoms with Gasteiger partial charge in [0, 0.05) is 38.5 Å². The Kier molecular flexibility index (Phi) is 8.56. The van der Waals surface area contributed by atoms with Crippen molar-refractivity contribution in [3.8, 4) is 0 Å². The molecule has 6 nitrogen and oxygen atoms in total. The molecule has 0 spiro atoms. The van der Waals surface area contributed by atoms with Crippen LogP contribution in [-0.2, 0) is 16.0 Å². The van der Waals surface area contributed by atoms with Crippen LogP contribution >= 0.6 is 0 Å². The molecule has 1 aromatic carbocycles. The topological polar surface area (TPSA) is 56.8 Å². The Morgan fingerprint density at radius 1 is 1.06 bits per heavy atom. The summed E-state index contributed by atoms with van der Waals surface area (Å²) in [6.07, 6.45) is 7.70. The fraction of sp³-hybridized carbons (Fsp3) is 0.423. The standard InChI is InChI=1S/C26H34N4O2/c1-28(2)20-26(32)29(3)24(19-21-9-5-4-6-10-21)22-14-17-30(18-15-22)25(31)13-12-23-11-7-8-16-27-23/h4-13,16,22,24H,14-15,17-20H2,1-3H3/b13-12+/t24-/m0/s1. The van der Waals surface area contributed by atoms with Crippen LogP contribution in [0.3, 0.4) is 0 Å². The quantitative estimate of drug-likeness (QED) is 0.600. The van der Waals surface area contributed by atoms with Crippen LogP contribution in [0.2, 0.25) is 0 Å². The molecule has 2 heterocycles. The monoisotopic (exact) mass is 434 g/mol. The van der Waals surface area contributed by atoms with Crippen molar-refractivity contribution in [2.45, 2.75) is 25.3 Å². The highest BCUT2D eigenvalue weighted by molar-refractivity contribution is 5.91. The summed E-state index contributed by atoms with van der Waals surface area (Å²) in [5.41, 5.74) is 2.01. The number of carbonyl (C=O) groups excluding carboxylic acids is 2. The van der Waals surface area contributed by atoms with Crippen LogP contribution in [0.15, 0.2) is 60.8 Å². The first-order chi connectivity index (χ1) is 15.4. The minimum Gasteiger partial charge on any atom is -0.341 e. The summed E-state index contributed by atoms with van der Waals surface area (Å²) >= 11 is 0. The predicted octanol–water partition coefficient (Wildman–Crippen LogP) is 2.96. The van der Waals surface area contributed by atoms with Crippen LogP contribution in [0.25, 0.3) is 6.08 Å². The number of hydrogen-bond acceptors (Lipinski definition) is 4. The van der Waals surface area contributed by atoms with Crippen LogP contribution in [0.4, 0.5) is 0 Å². The highest BCUT2D eigenvalue weighted by Crippen LogP contribution is 2.27. The van der Waals surface area contributed by atoms with Crippen LogP contribution in [0, 0.1) is 5.92 Å². The molecule has 170 valence electrons. The zero-order chi connectivity index (χ0) is 22.9. The molecule has 1 aliphatic rings. The summed E-state index contributed by atoms with van der Waals surface area (Å²) in [5.74, 6) is 0.508. The van der Waals surface area contributed by atoms with Gasteiger partial charge in [-0.15, -0.1) is 0 Å². The number of likely N-dealkylation sites (N-methyl/N-ethyl adjacent to an activating group) is 2. The number of nitrogens with zero attached hydrogens (tertiary/aromatic N) is 4. The molecule has 32 heavy (non-hydrogen) atoms. The van der Waals surface area contributed by atoms with Crippen LogP contribution in [0.1, 0.15) is 24.1 Å². The zero-order valence-corrected chi connectivity index (χ0v) is 19.4. The van der Waals surface area contributed by atoms with Gasteiger partial charge >= 0.3 is 0 Å². The van der Waals surface area contributed by atoms with E-state index in [1.165, 1.54) is 5.56 Å². The number of hydrogen-bond donors (Lipinski definition) is 0. The van der Waals surface area contributed by atoms with E-state index in [-0.39, 0.29) is 17.9 Å². The molecule has 0 saturated carbocycles. The van der Waals surface area contributed by atoms with Crippen molar-refractivity contribution in [1.82, 2.24) is 19.7 Å². The van der Waals surface area contributed by atoms with Crippen LogP contribution < -0.4 is 0 Å². The molecule has 0 unspecified atom stereocenters. The van der Waals surface area contributed by atoms with Gasteiger partial charge in [-0.3, -0.25) is 14.6 Å². The minimum atomic E-state index is 0.0192. The van der Waals surface area contributed by atoms with E-state index in [9.17, 15) is 9.59 Å². The van der Waals surface area contributed by atoms with Crippen LogP contribution in [-0.4, -0.2) is 78.3 Å². The highest BCUT2D eigenvalue weighted by atomic mass is 16.2. The van der Waals surface area contributed by atoms with Crippen molar-refractivity contribution in [2.75, 3.05) is 40.8 Å². The number of likely N-dealkylation sites (tertiary alicyclic amines) is 1. The van der Waals surface area contributed by atoms with Crippen molar-refractivity contribution in [2.24, 2.45) is 5.92 Å². The van der Waals surface area contributed by atoms with E-state index in [4.69, 9.17) is 0 Å². The van der Waals surface area contributed by atoms with E-state index >= 15 is 0 Å². The SMILES string of the molecule is CN(C)CC(=O)N(C)[C@@H](Cc1ccccc1)C1CCN(C(=O)/C=C/c2ccccn2)CC1. The summed E-state index contributed by atoms with van der Waals surface area (Å²) < 4.78 is 0. The zero-order valence-electron chi connectivity index (χ0n) is 19.4. The summed E-state index contributed by atoms with van der Waals surface area (Å²) in [6.45, 7) is 1.81. The third-order valence-corrected chi connectivity index (χ3v) is 6.11. The normalized spacial score (nSPS) is 15.8. The molecule has 0 aliphatic carbocycles. The van der Waals surface area contributed by atoms with Crippen molar-refractivity contribution in [3.05, 3.63) is 72.1 Å². The summed E-state index contributed by atoms with van der Waals surface area (Å²) in [7, 11) is 5.76. The molecule has 2 amide bonds. The molecule has 3 rings (SSSR count). The van der Waals surface area contributed by atoms with Crippen molar-refractivity contribution in [3.63, 3.8) is 0 Å². The third kappa shape index (κ3) is 6.76. The van der Waals surface area contributed by atoms with Gasteiger partial charge in [-0.2, -0.15) is 0 Å². The third-order valence-electron chi connectivity index (χ3n) is 6.11. The van der Waals surface area contributed by atoms with Gasteiger partial charge in [0.25, 0.3) is 0 Å². The number of amides is 2. The second-order valence-corrected chi connectivity index (χ2v) is 8.75. The Labute approximate surface area is 191 Å². The van der Waals surface area contributed by atoms with Crippen molar-refractivity contribution < 1.29 is 9.59 Å². The summed E-state index contributed by atoms with van der Waals surface area (Å²) in [5, 5.41) is 0. The van der Waals surface area contributed by atoms with Gasteiger partial charge in [0.2, 0.25) is 11.8 Å². The molecule has 1 fully saturated rings. The number of pyridine rings is 1. The van der Waals surface area contributed by atoms with E-state index in [1.54, 1.807) is 18.3 Å². The van der Waals surface area contributed by atoms with E-state index in [2.05, 4.69) is 17.1 Å². The Bertz CT molecular complexity index is 891. The Morgan fingerprint density at radius 2 is 1.75 bits per heavy atom. The number of piperidine rings is 1. The molecule has 1 aliphatic heterocycles. The van der Waals surface area contributed by atoms with Gasteiger partial charge in [-0.05, 0) is 63.0 Å². The molecule has 1 atom stereocenters. The minimum absolute atomic E-state index is 0.0192. The lowest BCUT2D eigenvalue weighted by molar-refractivity contribution is -0.135. The van der Waals surface area contributed by atoms with E-state index < -0.39 is 0 Å². The predicted molar refractivity (Wildman–Crippen MR) is 128 cm³/mol. The van der Waals surface area contributed by atoms with E-state index in [0.717, 1.165) is 25.0 Å². The second kappa shape index (κ2) is 11.6. The van der Waals surface area contributed by atoms with E-state index in [0.29, 0.717) is 25.6 Å². The lowest BCUT2D eigenvalue weighted by Crippen LogP contribution is -2.50.